The fourth-order valence-corrected chi connectivity index (χ4v) is 7.01. The number of fused-ring (bicyclic) bond motifs is 2. The Hall–Kier alpha value is -2.08. The van der Waals surface area contributed by atoms with Crippen LogP contribution in [-0.2, 0) is 19.2 Å². The molecule has 2 aliphatic heterocycles. The second-order valence-corrected chi connectivity index (χ2v) is 10.2. The molecule has 1 fully saturated rings. The van der Waals surface area contributed by atoms with Crippen molar-refractivity contribution in [1.82, 2.24) is 10.2 Å². The van der Waals surface area contributed by atoms with E-state index >= 15 is 0 Å². The van der Waals surface area contributed by atoms with Crippen LogP contribution in [0.1, 0.15) is 11.8 Å². The number of hydrogen-bond acceptors (Lipinski definition) is 8. The van der Waals surface area contributed by atoms with Gasteiger partial charge in [-0.25, -0.2) is 4.79 Å². The van der Waals surface area contributed by atoms with Gasteiger partial charge in [0.1, 0.15) is 24.2 Å². The number of hydrogen-bond donors (Lipinski definition) is 2. The Morgan fingerprint density at radius 1 is 1.34 bits per heavy atom. The van der Waals surface area contributed by atoms with Crippen molar-refractivity contribution in [3.05, 3.63) is 32.6 Å². The largest absolute Gasteiger partial charge is 0.477 e. The van der Waals surface area contributed by atoms with Gasteiger partial charge in [-0.1, -0.05) is 16.8 Å². The van der Waals surface area contributed by atoms with E-state index in [1.807, 2.05) is 6.07 Å². The molecular formula is C17H14ClN3O5S3. The molecule has 4 heterocycles. The maximum atomic E-state index is 12.9. The van der Waals surface area contributed by atoms with E-state index in [4.69, 9.17) is 16.4 Å². The summed E-state index contributed by atoms with van der Waals surface area (Å²) in [4.78, 5) is 43.6. The summed E-state index contributed by atoms with van der Waals surface area (Å²) >= 11 is 10.1. The first-order valence-corrected chi connectivity index (χ1v) is 11.4. The van der Waals surface area contributed by atoms with Crippen molar-refractivity contribution in [2.75, 3.05) is 12.9 Å². The van der Waals surface area contributed by atoms with Crippen LogP contribution < -0.4 is 5.32 Å². The van der Waals surface area contributed by atoms with Gasteiger partial charge >= 0.3 is 5.97 Å². The predicted molar refractivity (Wildman–Crippen MR) is 114 cm³/mol. The first-order chi connectivity index (χ1) is 13.8. The van der Waals surface area contributed by atoms with E-state index < -0.39 is 29.2 Å². The molecule has 12 heteroatoms. The average Bonchev–Trinajstić information content (AvgIpc) is 3.20. The summed E-state index contributed by atoms with van der Waals surface area (Å²) in [5.74, 6) is -1.69. The van der Waals surface area contributed by atoms with Gasteiger partial charge in [-0.3, -0.25) is 14.5 Å². The Balaban J connectivity index is 1.55. The molecule has 0 aromatic carbocycles. The number of aliphatic carboxylic acids is 1. The molecule has 2 atom stereocenters. The molecule has 2 aliphatic rings. The van der Waals surface area contributed by atoms with Crippen molar-refractivity contribution in [3.8, 4) is 0 Å². The topological polar surface area (TPSA) is 108 Å². The second kappa shape index (κ2) is 7.63. The van der Waals surface area contributed by atoms with Gasteiger partial charge in [-0.2, -0.15) is 0 Å². The lowest BCUT2D eigenvalue weighted by Gasteiger charge is -2.49. The number of thioether (sulfide) groups is 1. The third-order valence-corrected chi connectivity index (χ3v) is 8.31. The van der Waals surface area contributed by atoms with E-state index in [1.165, 1.54) is 46.4 Å². The van der Waals surface area contributed by atoms with Crippen LogP contribution in [0.5, 0.6) is 0 Å². The van der Waals surface area contributed by atoms with Crippen LogP contribution in [0.25, 0.3) is 9.40 Å². The van der Waals surface area contributed by atoms with Crippen LogP contribution >= 0.6 is 46.0 Å². The average molecular weight is 472 g/mol. The fourth-order valence-electron chi connectivity index (χ4n) is 3.20. The second-order valence-electron chi connectivity index (χ2n) is 6.31. The molecule has 2 aromatic rings. The number of β-lactam (4-membered cyclic amide) rings is 1. The van der Waals surface area contributed by atoms with E-state index in [-0.39, 0.29) is 11.4 Å². The number of halogens is 1. The van der Waals surface area contributed by atoms with Crippen LogP contribution in [0.15, 0.2) is 28.6 Å². The molecule has 8 nitrogen and oxygen atoms in total. The van der Waals surface area contributed by atoms with Gasteiger partial charge in [0.2, 0.25) is 0 Å². The number of carboxylic acid groups (broad SMARTS) is 1. The molecule has 1 unspecified atom stereocenters. The van der Waals surface area contributed by atoms with E-state index in [9.17, 15) is 19.5 Å². The van der Waals surface area contributed by atoms with Crippen molar-refractivity contribution in [2.24, 2.45) is 5.16 Å². The summed E-state index contributed by atoms with van der Waals surface area (Å²) in [6.07, 6.45) is 0. The van der Waals surface area contributed by atoms with Crippen molar-refractivity contribution < 1.29 is 24.3 Å². The zero-order chi connectivity index (χ0) is 20.9. The zero-order valence-electron chi connectivity index (χ0n) is 15.1. The number of carbonyl (C=O) groups excluding carboxylic acids is 2. The summed E-state index contributed by atoms with van der Waals surface area (Å²) in [7, 11) is 1.33. The minimum absolute atomic E-state index is 0.00889. The quantitative estimate of drug-likeness (QED) is 0.394. The lowest BCUT2D eigenvalue weighted by atomic mass is 10.0. The van der Waals surface area contributed by atoms with Gasteiger partial charge in [0.05, 0.1) is 9.21 Å². The Morgan fingerprint density at radius 2 is 2.07 bits per heavy atom. The summed E-state index contributed by atoms with van der Waals surface area (Å²) in [6, 6.07) is 2.78. The normalized spacial score (nSPS) is 21.8. The van der Waals surface area contributed by atoms with Gasteiger partial charge in [0.15, 0.2) is 5.71 Å². The van der Waals surface area contributed by atoms with Crippen LogP contribution in [0, 0.1) is 0 Å². The predicted octanol–water partition coefficient (Wildman–Crippen LogP) is 2.73. The van der Waals surface area contributed by atoms with E-state index in [0.717, 1.165) is 9.40 Å². The number of amides is 2. The maximum absolute atomic E-state index is 12.9. The molecule has 2 N–H and O–H groups in total. The molecule has 0 radical (unpaired) electrons. The van der Waals surface area contributed by atoms with Gasteiger partial charge in [-0.05, 0) is 24.6 Å². The molecule has 0 saturated carbocycles. The SMILES string of the molecule is CO/N=C(/C(=O)NC1C(=O)N2C(C(=O)O)=C(C)CS[C@H]12)c1cc2sc(Cl)cc2s1. The summed E-state index contributed by atoms with van der Waals surface area (Å²) in [6.45, 7) is 1.68. The Bertz CT molecular complexity index is 1070. The highest BCUT2D eigenvalue weighted by atomic mass is 35.5. The number of oxime groups is 1. The Labute approximate surface area is 182 Å². The van der Waals surface area contributed by atoms with Crippen molar-refractivity contribution in [2.45, 2.75) is 18.3 Å². The van der Waals surface area contributed by atoms with Crippen LogP contribution in [0.4, 0.5) is 0 Å². The van der Waals surface area contributed by atoms with Gasteiger partial charge < -0.3 is 15.3 Å². The van der Waals surface area contributed by atoms with E-state index in [2.05, 4.69) is 10.5 Å². The highest BCUT2D eigenvalue weighted by Crippen LogP contribution is 2.40. The molecule has 4 rings (SSSR count). The van der Waals surface area contributed by atoms with Crippen molar-refractivity contribution in [3.63, 3.8) is 0 Å². The number of carbonyl (C=O) groups is 3. The highest BCUT2D eigenvalue weighted by molar-refractivity contribution is 8.00. The monoisotopic (exact) mass is 471 g/mol. The molecule has 0 spiro atoms. The molecule has 2 aromatic heterocycles. The van der Waals surface area contributed by atoms with Gasteiger partial charge in [-0.15, -0.1) is 34.4 Å². The number of carboxylic acids is 1. The lowest BCUT2D eigenvalue weighted by molar-refractivity contribution is -0.150. The molecule has 29 heavy (non-hydrogen) atoms. The van der Waals surface area contributed by atoms with Crippen LogP contribution in [0.2, 0.25) is 4.34 Å². The zero-order valence-corrected chi connectivity index (χ0v) is 18.3. The molecule has 0 aliphatic carbocycles. The summed E-state index contributed by atoms with van der Waals surface area (Å²) in [5.41, 5.74) is 0.662. The van der Waals surface area contributed by atoms with Crippen LogP contribution in [0.3, 0.4) is 0 Å². The standard InChI is InChI=1S/C17H14ClN3O5S3/c1-6-5-27-16-12(15(23)21(16)13(6)17(24)25)19-14(22)11(20-26-2)9-3-7-8(28-9)4-10(18)29-7/h3-4,12,16H,5H2,1-2H3,(H,19,22)(H,24,25)/b20-11+/t12?,16-/m1/s1. The van der Waals surface area contributed by atoms with Gasteiger partial charge in [0, 0.05) is 15.2 Å². The number of nitrogens with one attached hydrogen (secondary N) is 1. The minimum Gasteiger partial charge on any atom is -0.477 e. The Kier molecular flexibility index (Phi) is 5.32. The number of thiophene rings is 2. The minimum atomic E-state index is -1.15. The number of rotatable bonds is 5. The first kappa shape index (κ1) is 20.2. The van der Waals surface area contributed by atoms with E-state index in [1.54, 1.807) is 13.0 Å². The van der Waals surface area contributed by atoms with Gasteiger partial charge in [0.25, 0.3) is 11.8 Å². The highest BCUT2D eigenvalue weighted by Gasteiger charge is 2.54. The molecule has 152 valence electrons. The maximum Gasteiger partial charge on any atom is 0.352 e. The lowest BCUT2D eigenvalue weighted by Crippen LogP contribution is -2.71. The first-order valence-electron chi connectivity index (χ1n) is 8.30. The molecule has 2 amide bonds. The Morgan fingerprint density at radius 3 is 2.72 bits per heavy atom. The summed E-state index contributed by atoms with van der Waals surface area (Å²) in [5, 5.41) is 15.5. The van der Waals surface area contributed by atoms with Crippen molar-refractivity contribution >= 4 is 78.9 Å². The number of nitrogens with zero attached hydrogens (tertiary/aromatic N) is 2. The van der Waals surface area contributed by atoms with Crippen LogP contribution in [-0.4, -0.2) is 57.8 Å². The summed E-state index contributed by atoms with van der Waals surface area (Å²) < 4.78 is 2.50. The smallest absolute Gasteiger partial charge is 0.352 e. The fraction of sp³-hybridized carbons (Fsp3) is 0.294. The molecule has 0 bridgehead atoms. The third-order valence-electron chi connectivity index (χ3n) is 4.46. The molecular weight excluding hydrogens is 458 g/mol. The van der Waals surface area contributed by atoms with Crippen molar-refractivity contribution in [1.29, 1.82) is 0 Å². The molecule has 1 saturated heterocycles. The van der Waals surface area contributed by atoms with E-state index in [0.29, 0.717) is 20.5 Å². The third kappa shape index (κ3) is 3.41.